The number of rotatable bonds is 4. The molecule has 0 atom stereocenters. The van der Waals surface area contributed by atoms with Gasteiger partial charge in [0.25, 0.3) is 0 Å². The molecular weight excluding hydrogens is 216 g/mol. The molecule has 1 rings (SSSR count). The van der Waals surface area contributed by atoms with E-state index >= 15 is 0 Å². The first kappa shape index (κ1) is 13.6. The van der Waals surface area contributed by atoms with Gasteiger partial charge in [-0.25, -0.2) is 0 Å². The van der Waals surface area contributed by atoms with Crippen molar-refractivity contribution in [2.45, 2.75) is 39.7 Å². The van der Waals surface area contributed by atoms with Gasteiger partial charge in [0.05, 0.1) is 13.0 Å². The average molecular weight is 236 g/mol. The molecule has 94 valence electrons. The zero-order chi connectivity index (χ0) is 12.9. The van der Waals surface area contributed by atoms with Gasteiger partial charge in [-0.05, 0) is 33.8 Å². The quantitative estimate of drug-likeness (QED) is 0.754. The van der Waals surface area contributed by atoms with Crippen LogP contribution < -0.4 is 4.74 Å². The van der Waals surface area contributed by atoms with E-state index in [1.807, 2.05) is 52.0 Å². The maximum absolute atomic E-state index is 11.7. The van der Waals surface area contributed by atoms with E-state index in [1.165, 1.54) is 0 Å². The van der Waals surface area contributed by atoms with E-state index < -0.39 is 5.60 Å². The van der Waals surface area contributed by atoms with Crippen LogP contribution in [0.4, 0.5) is 0 Å². The van der Waals surface area contributed by atoms with Gasteiger partial charge in [0, 0.05) is 5.56 Å². The summed E-state index contributed by atoms with van der Waals surface area (Å²) < 4.78 is 10.7. The smallest absolute Gasteiger partial charge is 0.310 e. The SMILES string of the molecule is CCOc1ccccc1CC(=O)OC(C)(C)C. The van der Waals surface area contributed by atoms with E-state index in [0.717, 1.165) is 11.3 Å². The molecule has 0 spiro atoms. The van der Waals surface area contributed by atoms with Gasteiger partial charge >= 0.3 is 5.97 Å². The molecule has 3 nitrogen and oxygen atoms in total. The minimum absolute atomic E-state index is 0.232. The molecule has 0 fully saturated rings. The van der Waals surface area contributed by atoms with E-state index in [9.17, 15) is 4.79 Å². The molecule has 17 heavy (non-hydrogen) atoms. The van der Waals surface area contributed by atoms with Crippen LogP contribution in [0.3, 0.4) is 0 Å². The van der Waals surface area contributed by atoms with Crippen molar-refractivity contribution in [2.24, 2.45) is 0 Å². The Morgan fingerprint density at radius 1 is 1.24 bits per heavy atom. The first-order valence-electron chi connectivity index (χ1n) is 5.85. The van der Waals surface area contributed by atoms with Gasteiger partial charge in [0.2, 0.25) is 0 Å². The summed E-state index contributed by atoms with van der Waals surface area (Å²) in [5.41, 5.74) is 0.418. The Kier molecular flexibility index (Phi) is 4.55. The van der Waals surface area contributed by atoms with E-state index in [2.05, 4.69) is 0 Å². The first-order valence-corrected chi connectivity index (χ1v) is 5.85. The topological polar surface area (TPSA) is 35.5 Å². The second-order valence-electron chi connectivity index (χ2n) is 4.80. The lowest BCUT2D eigenvalue weighted by Gasteiger charge is -2.20. The molecule has 1 aromatic carbocycles. The summed E-state index contributed by atoms with van der Waals surface area (Å²) in [7, 11) is 0. The predicted molar refractivity (Wildman–Crippen MR) is 67.2 cm³/mol. The normalized spacial score (nSPS) is 11.1. The molecule has 0 aromatic heterocycles. The summed E-state index contributed by atoms with van der Waals surface area (Å²) in [5.74, 6) is 0.519. The van der Waals surface area contributed by atoms with Crippen LogP contribution in [0.15, 0.2) is 24.3 Å². The highest BCUT2D eigenvalue weighted by molar-refractivity contribution is 5.74. The van der Waals surface area contributed by atoms with Crippen molar-refractivity contribution < 1.29 is 14.3 Å². The highest BCUT2D eigenvalue weighted by atomic mass is 16.6. The first-order chi connectivity index (χ1) is 7.92. The van der Waals surface area contributed by atoms with Gasteiger partial charge in [-0.3, -0.25) is 4.79 Å². The van der Waals surface area contributed by atoms with E-state index in [1.54, 1.807) is 0 Å². The van der Waals surface area contributed by atoms with Gasteiger partial charge < -0.3 is 9.47 Å². The van der Waals surface area contributed by atoms with Crippen molar-refractivity contribution in [1.82, 2.24) is 0 Å². The maximum atomic E-state index is 11.7. The molecule has 0 heterocycles. The molecule has 0 bridgehead atoms. The Morgan fingerprint density at radius 3 is 2.47 bits per heavy atom. The molecule has 0 amide bonds. The number of hydrogen-bond donors (Lipinski definition) is 0. The molecule has 0 aliphatic heterocycles. The Hall–Kier alpha value is -1.51. The van der Waals surface area contributed by atoms with Crippen LogP contribution >= 0.6 is 0 Å². The van der Waals surface area contributed by atoms with Crippen molar-refractivity contribution in [3.63, 3.8) is 0 Å². The van der Waals surface area contributed by atoms with Crippen LogP contribution in [0, 0.1) is 0 Å². The average Bonchev–Trinajstić information content (AvgIpc) is 2.18. The molecule has 0 aliphatic rings. The third kappa shape index (κ3) is 4.89. The highest BCUT2D eigenvalue weighted by Gasteiger charge is 2.17. The summed E-state index contributed by atoms with van der Waals surface area (Å²) in [6, 6.07) is 7.53. The number of benzene rings is 1. The van der Waals surface area contributed by atoms with E-state index in [0.29, 0.717) is 6.61 Å². The van der Waals surface area contributed by atoms with E-state index in [-0.39, 0.29) is 12.4 Å². The van der Waals surface area contributed by atoms with Crippen LogP contribution in [0.25, 0.3) is 0 Å². The van der Waals surface area contributed by atoms with Crippen LogP contribution in [-0.2, 0) is 16.0 Å². The number of para-hydroxylation sites is 1. The summed E-state index contributed by atoms with van der Waals surface area (Å²) in [5, 5.41) is 0. The van der Waals surface area contributed by atoms with Gasteiger partial charge in [-0.2, -0.15) is 0 Å². The Labute approximate surface area is 103 Å². The van der Waals surface area contributed by atoms with Gasteiger partial charge in [0.15, 0.2) is 0 Å². The van der Waals surface area contributed by atoms with Crippen molar-refractivity contribution in [3.05, 3.63) is 29.8 Å². The lowest BCUT2D eigenvalue weighted by atomic mass is 10.1. The Bertz CT molecular complexity index is 377. The number of carbonyl (C=O) groups is 1. The fourth-order valence-corrected chi connectivity index (χ4v) is 1.48. The van der Waals surface area contributed by atoms with Crippen molar-refractivity contribution >= 4 is 5.97 Å². The second-order valence-corrected chi connectivity index (χ2v) is 4.80. The summed E-state index contributed by atoms with van der Waals surface area (Å²) in [4.78, 5) is 11.7. The highest BCUT2D eigenvalue weighted by Crippen LogP contribution is 2.19. The van der Waals surface area contributed by atoms with Gasteiger partial charge in [-0.15, -0.1) is 0 Å². The van der Waals surface area contributed by atoms with Crippen molar-refractivity contribution in [1.29, 1.82) is 0 Å². The second kappa shape index (κ2) is 5.71. The third-order valence-corrected chi connectivity index (χ3v) is 2.03. The standard InChI is InChI=1S/C14H20O3/c1-5-16-12-9-7-6-8-11(12)10-13(15)17-14(2,3)4/h6-9H,5,10H2,1-4H3. The van der Waals surface area contributed by atoms with Crippen LogP contribution in [0.2, 0.25) is 0 Å². The number of esters is 1. The molecular formula is C14H20O3. The molecule has 0 N–H and O–H groups in total. The minimum Gasteiger partial charge on any atom is -0.494 e. The molecule has 0 saturated heterocycles. The van der Waals surface area contributed by atoms with Crippen molar-refractivity contribution in [3.8, 4) is 5.75 Å². The predicted octanol–water partition coefficient (Wildman–Crippen LogP) is 2.97. The fourth-order valence-electron chi connectivity index (χ4n) is 1.48. The summed E-state index contributed by atoms with van der Waals surface area (Å²) in [6.07, 6.45) is 0.243. The number of ether oxygens (including phenoxy) is 2. The lowest BCUT2D eigenvalue weighted by molar-refractivity contribution is -0.153. The molecule has 0 saturated carbocycles. The monoisotopic (exact) mass is 236 g/mol. The van der Waals surface area contributed by atoms with Crippen LogP contribution in [0.5, 0.6) is 5.75 Å². The minimum atomic E-state index is -0.447. The zero-order valence-electron chi connectivity index (χ0n) is 10.9. The zero-order valence-corrected chi connectivity index (χ0v) is 10.9. The Morgan fingerprint density at radius 2 is 1.88 bits per heavy atom. The third-order valence-electron chi connectivity index (χ3n) is 2.03. The molecule has 0 unspecified atom stereocenters. The number of hydrogen-bond acceptors (Lipinski definition) is 3. The van der Waals surface area contributed by atoms with E-state index in [4.69, 9.17) is 9.47 Å². The molecule has 3 heteroatoms. The Balaban J connectivity index is 2.71. The van der Waals surface area contributed by atoms with Crippen LogP contribution in [0.1, 0.15) is 33.3 Å². The molecule has 0 aliphatic carbocycles. The van der Waals surface area contributed by atoms with Crippen LogP contribution in [-0.4, -0.2) is 18.2 Å². The molecule has 0 radical (unpaired) electrons. The fraction of sp³-hybridized carbons (Fsp3) is 0.500. The number of carbonyl (C=O) groups excluding carboxylic acids is 1. The summed E-state index contributed by atoms with van der Waals surface area (Å²) >= 11 is 0. The van der Waals surface area contributed by atoms with Crippen molar-refractivity contribution in [2.75, 3.05) is 6.61 Å². The van der Waals surface area contributed by atoms with Gasteiger partial charge in [0.1, 0.15) is 11.4 Å². The van der Waals surface area contributed by atoms with Gasteiger partial charge in [-0.1, -0.05) is 18.2 Å². The lowest BCUT2D eigenvalue weighted by Crippen LogP contribution is -2.25. The maximum Gasteiger partial charge on any atom is 0.310 e. The summed E-state index contributed by atoms with van der Waals surface area (Å²) in [6.45, 7) is 8.09. The largest absolute Gasteiger partial charge is 0.494 e. The molecule has 1 aromatic rings.